The van der Waals surface area contributed by atoms with E-state index in [0.29, 0.717) is 16.3 Å². The van der Waals surface area contributed by atoms with E-state index < -0.39 is 0 Å². The average Bonchev–Trinajstić information content (AvgIpc) is 3.15. The number of aryl methyl sites for hydroxylation is 2. The van der Waals surface area contributed by atoms with Gasteiger partial charge in [-0.05, 0) is 32.0 Å². The summed E-state index contributed by atoms with van der Waals surface area (Å²) in [5.74, 6) is -0.0751. The number of aromatic nitrogens is 3. The molecule has 0 aliphatic rings. The number of para-hydroxylation sites is 1. The van der Waals surface area contributed by atoms with E-state index >= 15 is 0 Å². The van der Waals surface area contributed by atoms with Crippen molar-refractivity contribution in [2.75, 3.05) is 0 Å². The van der Waals surface area contributed by atoms with Gasteiger partial charge in [-0.25, -0.2) is 9.67 Å². The van der Waals surface area contributed by atoms with E-state index in [2.05, 4.69) is 16.2 Å². The van der Waals surface area contributed by atoms with Gasteiger partial charge in [0.15, 0.2) is 5.76 Å². The number of benzene rings is 1. The van der Waals surface area contributed by atoms with E-state index in [0.717, 1.165) is 10.7 Å². The predicted octanol–water partition coefficient (Wildman–Crippen LogP) is 3.90. The molecule has 0 radical (unpaired) electrons. The van der Waals surface area contributed by atoms with Crippen LogP contribution in [0.2, 0.25) is 0 Å². The fourth-order valence-electron chi connectivity index (χ4n) is 2.28. The van der Waals surface area contributed by atoms with Crippen LogP contribution < -0.4 is 0 Å². The van der Waals surface area contributed by atoms with Gasteiger partial charge < -0.3 is 5.11 Å². The lowest BCUT2D eigenvalue weighted by molar-refractivity contribution is 0.515. The lowest BCUT2D eigenvalue weighted by atomic mass is 10.1. The predicted molar refractivity (Wildman–Crippen MR) is 90.2 cm³/mol. The SMILES string of the molecule is Cc1nc(C)c(C(O)=C(C#N)c2ccn(-c3ccccc3)n2)s1. The summed E-state index contributed by atoms with van der Waals surface area (Å²) in [7, 11) is 0. The van der Waals surface area contributed by atoms with Gasteiger partial charge in [-0.2, -0.15) is 10.4 Å². The summed E-state index contributed by atoms with van der Waals surface area (Å²) in [5, 5.41) is 25.2. The Morgan fingerprint density at radius 2 is 1.96 bits per heavy atom. The van der Waals surface area contributed by atoms with Gasteiger partial charge in [0.25, 0.3) is 0 Å². The Balaban J connectivity index is 2.06. The lowest BCUT2D eigenvalue weighted by Crippen LogP contribution is -1.96. The monoisotopic (exact) mass is 322 g/mol. The average molecular weight is 322 g/mol. The van der Waals surface area contributed by atoms with Gasteiger partial charge in [0, 0.05) is 6.20 Å². The van der Waals surface area contributed by atoms with Crippen molar-refractivity contribution < 1.29 is 5.11 Å². The highest BCUT2D eigenvalue weighted by Gasteiger charge is 2.17. The molecule has 0 saturated heterocycles. The molecule has 0 aliphatic carbocycles. The molecule has 1 aromatic carbocycles. The van der Waals surface area contributed by atoms with Crippen LogP contribution >= 0.6 is 11.3 Å². The van der Waals surface area contributed by atoms with E-state index in [-0.39, 0.29) is 11.3 Å². The zero-order chi connectivity index (χ0) is 16.4. The molecule has 6 heteroatoms. The minimum absolute atomic E-state index is 0.0751. The maximum absolute atomic E-state index is 10.5. The largest absolute Gasteiger partial charge is 0.505 e. The molecule has 0 aliphatic heterocycles. The van der Waals surface area contributed by atoms with Crippen LogP contribution in [0.3, 0.4) is 0 Å². The first kappa shape index (κ1) is 15.0. The molecule has 0 fully saturated rings. The fourth-order valence-corrected chi connectivity index (χ4v) is 3.15. The molecule has 0 amide bonds. The molecule has 114 valence electrons. The molecule has 0 atom stereocenters. The van der Waals surface area contributed by atoms with Crippen LogP contribution in [0.25, 0.3) is 17.0 Å². The molecule has 0 unspecified atom stereocenters. The van der Waals surface area contributed by atoms with Crippen molar-refractivity contribution in [3.63, 3.8) is 0 Å². The van der Waals surface area contributed by atoms with Gasteiger partial charge in [-0.3, -0.25) is 0 Å². The Hall–Kier alpha value is -2.91. The quantitative estimate of drug-likeness (QED) is 0.586. The summed E-state index contributed by atoms with van der Waals surface area (Å²) in [6.45, 7) is 3.68. The number of rotatable bonds is 3. The van der Waals surface area contributed by atoms with Crippen molar-refractivity contribution in [2.24, 2.45) is 0 Å². The van der Waals surface area contributed by atoms with Gasteiger partial charge in [-0.15, -0.1) is 11.3 Å². The van der Waals surface area contributed by atoms with Crippen molar-refractivity contribution in [3.8, 4) is 11.8 Å². The number of aliphatic hydroxyl groups excluding tert-OH is 1. The highest BCUT2D eigenvalue weighted by atomic mass is 32.1. The molecular formula is C17H14N4OS. The number of nitrogens with zero attached hydrogens (tertiary/aromatic N) is 4. The third-order valence-electron chi connectivity index (χ3n) is 3.33. The zero-order valence-electron chi connectivity index (χ0n) is 12.7. The Morgan fingerprint density at radius 1 is 1.22 bits per heavy atom. The molecule has 0 saturated carbocycles. The number of hydrogen-bond acceptors (Lipinski definition) is 5. The van der Waals surface area contributed by atoms with Crippen LogP contribution in [-0.2, 0) is 0 Å². The van der Waals surface area contributed by atoms with Crippen molar-refractivity contribution >= 4 is 22.7 Å². The molecule has 0 spiro atoms. The number of allylic oxidation sites excluding steroid dienone is 1. The smallest absolute Gasteiger partial charge is 0.154 e. The Labute approximate surface area is 137 Å². The van der Waals surface area contributed by atoms with Gasteiger partial charge in [0.2, 0.25) is 0 Å². The Morgan fingerprint density at radius 3 is 2.57 bits per heavy atom. The van der Waals surface area contributed by atoms with Crippen molar-refractivity contribution in [1.29, 1.82) is 5.26 Å². The number of thiazole rings is 1. The summed E-state index contributed by atoms with van der Waals surface area (Å²) >= 11 is 1.36. The number of hydrogen-bond donors (Lipinski definition) is 1. The standard InChI is InChI=1S/C17H14N4OS/c1-11-17(23-12(2)19-11)16(22)14(10-18)15-8-9-21(20-15)13-6-4-3-5-7-13/h3-9,22H,1-2H3. The van der Waals surface area contributed by atoms with Gasteiger partial charge >= 0.3 is 0 Å². The number of aliphatic hydroxyl groups is 1. The third-order valence-corrected chi connectivity index (χ3v) is 4.41. The molecular weight excluding hydrogens is 308 g/mol. The third kappa shape index (κ3) is 2.87. The molecule has 2 aromatic heterocycles. The molecule has 1 N–H and O–H groups in total. The molecule has 3 rings (SSSR count). The van der Waals surface area contributed by atoms with Crippen LogP contribution in [0.5, 0.6) is 0 Å². The van der Waals surface area contributed by atoms with Crippen LogP contribution in [0.4, 0.5) is 0 Å². The highest BCUT2D eigenvalue weighted by molar-refractivity contribution is 7.12. The summed E-state index contributed by atoms with van der Waals surface area (Å²) in [4.78, 5) is 4.89. The molecule has 3 aromatic rings. The molecule has 5 nitrogen and oxygen atoms in total. The normalized spacial score (nSPS) is 11.9. The second-order valence-electron chi connectivity index (χ2n) is 4.96. The maximum Gasteiger partial charge on any atom is 0.154 e. The Bertz CT molecular complexity index is 916. The van der Waals surface area contributed by atoms with E-state index in [1.165, 1.54) is 11.3 Å². The maximum atomic E-state index is 10.5. The van der Waals surface area contributed by atoms with Crippen molar-refractivity contribution in [2.45, 2.75) is 13.8 Å². The van der Waals surface area contributed by atoms with E-state index in [1.54, 1.807) is 16.9 Å². The van der Waals surface area contributed by atoms with Gasteiger partial charge in [0.1, 0.15) is 17.3 Å². The zero-order valence-corrected chi connectivity index (χ0v) is 13.5. The van der Waals surface area contributed by atoms with E-state index in [1.807, 2.05) is 44.2 Å². The van der Waals surface area contributed by atoms with Gasteiger partial charge in [-0.1, -0.05) is 18.2 Å². The first-order valence-corrected chi connectivity index (χ1v) is 7.81. The van der Waals surface area contributed by atoms with E-state index in [4.69, 9.17) is 0 Å². The molecule has 0 bridgehead atoms. The van der Waals surface area contributed by atoms with Crippen LogP contribution in [-0.4, -0.2) is 19.9 Å². The Kier molecular flexibility index (Phi) is 3.96. The van der Waals surface area contributed by atoms with Crippen molar-refractivity contribution in [1.82, 2.24) is 14.8 Å². The summed E-state index contributed by atoms with van der Waals surface area (Å²) < 4.78 is 1.67. The minimum Gasteiger partial charge on any atom is -0.505 e. The highest BCUT2D eigenvalue weighted by Crippen LogP contribution is 2.29. The first-order chi connectivity index (χ1) is 11.1. The van der Waals surface area contributed by atoms with Crippen LogP contribution in [0, 0.1) is 25.2 Å². The summed E-state index contributed by atoms with van der Waals surface area (Å²) in [6, 6.07) is 13.4. The fraction of sp³-hybridized carbons (Fsp3) is 0.118. The first-order valence-electron chi connectivity index (χ1n) is 6.99. The van der Waals surface area contributed by atoms with E-state index in [9.17, 15) is 10.4 Å². The van der Waals surface area contributed by atoms with Gasteiger partial charge in [0.05, 0.1) is 21.3 Å². The lowest BCUT2D eigenvalue weighted by Gasteiger charge is -2.02. The minimum atomic E-state index is -0.0751. The summed E-state index contributed by atoms with van der Waals surface area (Å²) in [6.07, 6.45) is 1.76. The number of nitriles is 1. The molecule has 23 heavy (non-hydrogen) atoms. The second-order valence-corrected chi connectivity index (χ2v) is 6.17. The topological polar surface area (TPSA) is 74.7 Å². The van der Waals surface area contributed by atoms with Crippen LogP contribution in [0.15, 0.2) is 42.6 Å². The second kappa shape index (κ2) is 6.07. The molecule has 2 heterocycles. The van der Waals surface area contributed by atoms with Crippen molar-refractivity contribution in [3.05, 3.63) is 63.9 Å². The summed E-state index contributed by atoms with van der Waals surface area (Å²) in [5.41, 5.74) is 2.17. The van der Waals surface area contributed by atoms with Crippen LogP contribution in [0.1, 0.15) is 21.3 Å².